The van der Waals surface area contributed by atoms with E-state index in [-0.39, 0.29) is 11.7 Å². The van der Waals surface area contributed by atoms with Crippen LogP contribution in [-0.4, -0.2) is 50.6 Å². The van der Waals surface area contributed by atoms with E-state index in [1.807, 2.05) is 13.8 Å². The number of nitrogens with one attached hydrogen (secondary N) is 2. The summed E-state index contributed by atoms with van der Waals surface area (Å²) >= 11 is 0. The first-order valence-corrected chi connectivity index (χ1v) is 10.5. The zero-order valence-corrected chi connectivity index (χ0v) is 19.2. The van der Waals surface area contributed by atoms with E-state index in [1.165, 1.54) is 6.07 Å². The number of ether oxygens (including phenoxy) is 2. The molecule has 0 aliphatic rings. The molecule has 3 heterocycles. The minimum atomic E-state index is -2.99. The second-order valence-corrected chi connectivity index (χ2v) is 8.23. The molecule has 4 aromatic rings. The number of fused-ring (bicyclic) bond motifs is 1. The van der Waals surface area contributed by atoms with Crippen molar-refractivity contribution in [3.63, 3.8) is 0 Å². The van der Waals surface area contributed by atoms with Gasteiger partial charge in [0.15, 0.2) is 5.82 Å². The highest BCUT2D eigenvalue weighted by Gasteiger charge is 2.18. The number of pyridine rings is 1. The van der Waals surface area contributed by atoms with Crippen LogP contribution in [0.1, 0.15) is 13.8 Å². The van der Waals surface area contributed by atoms with E-state index in [0.29, 0.717) is 29.1 Å². The number of aromatic nitrogens is 5. The third kappa shape index (κ3) is 5.37. The quantitative estimate of drug-likeness (QED) is 0.367. The van der Waals surface area contributed by atoms with E-state index in [0.717, 1.165) is 10.9 Å². The maximum atomic E-state index is 13.1. The third-order valence-electron chi connectivity index (χ3n) is 5.22. The molecule has 3 aromatic heterocycles. The molecule has 1 aromatic carbocycles. The van der Waals surface area contributed by atoms with Crippen LogP contribution in [0.5, 0.6) is 5.75 Å². The molecule has 0 fully saturated rings. The molecule has 0 amide bonds. The van der Waals surface area contributed by atoms with Gasteiger partial charge in [-0.05, 0) is 37.6 Å². The molecular formula is C23H25F2N7O2. The number of rotatable bonds is 9. The number of methoxy groups -OCH3 is 1. The van der Waals surface area contributed by atoms with Crippen LogP contribution in [-0.2, 0) is 11.8 Å². The lowest BCUT2D eigenvalue weighted by Gasteiger charge is -2.23. The number of anilines is 3. The molecule has 4 rings (SSSR count). The Labute approximate surface area is 195 Å². The summed E-state index contributed by atoms with van der Waals surface area (Å²) in [5.41, 5.74) is 1.93. The average Bonchev–Trinajstić information content (AvgIpc) is 3.25. The van der Waals surface area contributed by atoms with E-state index < -0.39 is 12.2 Å². The van der Waals surface area contributed by atoms with Gasteiger partial charge in [-0.3, -0.25) is 4.68 Å². The predicted octanol–water partition coefficient (Wildman–Crippen LogP) is 4.61. The highest BCUT2D eigenvalue weighted by molar-refractivity contribution is 5.88. The largest absolute Gasteiger partial charge is 0.433 e. The monoisotopic (exact) mass is 469 g/mol. The number of halogens is 2. The van der Waals surface area contributed by atoms with Crippen molar-refractivity contribution in [2.45, 2.75) is 26.1 Å². The molecule has 0 unspecified atom stereocenters. The highest BCUT2D eigenvalue weighted by atomic mass is 19.3. The van der Waals surface area contributed by atoms with Crippen LogP contribution in [0.25, 0.3) is 22.0 Å². The third-order valence-corrected chi connectivity index (χ3v) is 5.22. The van der Waals surface area contributed by atoms with Crippen LogP contribution in [0.3, 0.4) is 0 Å². The maximum absolute atomic E-state index is 13.1. The lowest BCUT2D eigenvalue weighted by Crippen LogP contribution is -2.32. The van der Waals surface area contributed by atoms with Crippen molar-refractivity contribution in [2.75, 3.05) is 24.3 Å². The van der Waals surface area contributed by atoms with Crippen LogP contribution < -0.4 is 15.4 Å². The first-order chi connectivity index (χ1) is 16.2. The zero-order chi connectivity index (χ0) is 24.3. The normalized spacial score (nSPS) is 11.7. The fraction of sp³-hybridized carbons (Fsp3) is 0.304. The number of benzene rings is 1. The Morgan fingerprint density at radius 1 is 1.12 bits per heavy atom. The van der Waals surface area contributed by atoms with Crippen LogP contribution in [0, 0.1) is 0 Å². The minimum Gasteiger partial charge on any atom is -0.433 e. The van der Waals surface area contributed by atoms with Gasteiger partial charge in [0, 0.05) is 50.2 Å². The minimum absolute atomic E-state index is 0.0357. The summed E-state index contributed by atoms with van der Waals surface area (Å²) in [5.74, 6) is 0.735. The summed E-state index contributed by atoms with van der Waals surface area (Å²) in [6.45, 7) is 1.41. The summed E-state index contributed by atoms with van der Waals surface area (Å²) in [7, 11) is 3.42. The van der Waals surface area contributed by atoms with Crippen molar-refractivity contribution in [1.29, 1.82) is 0 Å². The van der Waals surface area contributed by atoms with Crippen molar-refractivity contribution in [3.05, 3.63) is 49.1 Å². The molecular weight excluding hydrogens is 444 g/mol. The number of aryl methyl sites for hydroxylation is 1. The standard InChI is InChI=1S/C23H25F2N7O2/c1-23(2,33-4)13-28-20-19-15(7-8-26-20)10-27-22(31-19)30-17-6-5-14(9-18(17)34-21(24)25)16-11-29-32(3)12-16/h5-12,21H,13H2,1-4H3,(H,26,28)(H,27,30,31). The van der Waals surface area contributed by atoms with Gasteiger partial charge < -0.3 is 20.1 Å². The second-order valence-electron chi connectivity index (χ2n) is 8.23. The van der Waals surface area contributed by atoms with Gasteiger partial charge in [-0.15, -0.1) is 0 Å². The van der Waals surface area contributed by atoms with E-state index in [4.69, 9.17) is 9.47 Å². The van der Waals surface area contributed by atoms with Gasteiger partial charge in [-0.2, -0.15) is 13.9 Å². The Kier molecular flexibility index (Phi) is 6.55. The lowest BCUT2D eigenvalue weighted by atomic mass is 10.1. The first-order valence-electron chi connectivity index (χ1n) is 10.5. The zero-order valence-electron chi connectivity index (χ0n) is 19.2. The van der Waals surface area contributed by atoms with Gasteiger partial charge in [0.05, 0.1) is 17.5 Å². The van der Waals surface area contributed by atoms with Gasteiger partial charge in [-0.1, -0.05) is 6.07 Å². The topological polar surface area (TPSA) is 99.0 Å². The van der Waals surface area contributed by atoms with Crippen LogP contribution in [0.4, 0.5) is 26.2 Å². The summed E-state index contributed by atoms with van der Waals surface area (Å²) < 4.78 is 38.1. The maximum Gasteiger partial charge on any atom is 0.387 e. The van der Waals surface area contributed by atoms with Gasteiger partial charge in [-0.25, -0.2) is 15.0 Å². The fourth-order valence-electron chi connectivity index (χ4n) is 3.20. The molecule has 178 valence electrons. The van der Waals surface area contributed by atoms with E-state index in [2.05, 4.69) is 30.7 Å². The molecule has 0 bridgehead atoms. The van der Waals surface area contributed by atoms with Crippen molar-refractivity contribution in [1.82, 2.24) is 24.7 Å². The molecule has 0 aliphatic heterocycles. The van der Waals surface area contributed by atoms with Crippen molar-refractivity contribution in [2.24, 2.45) is 7.05 Å². The summed E-state index contributed by atoms with van der Waals surface area (Å²) in [6.07, 6.45) is 6.73. The Morgan fingerprint density at radius 2 is 1.94 bits per heavy atom. The molecule has 0 atom stereocenters. The van der Waals surface area contributed by atoms with Gasteiger partial charge in [0.25, 0.3) is 0 Å². The number of hydrogen-bond acceptors (Lipinski definition) is 8. The molecule has 0 radical (unpaired) electrons. The molecule has 0 spiro atoms. The van der Waals surface area contributed by atoms with Gasteiger partial charge >= 0.3 is 6.61 Å². The van der Waals surface area contributed by atoms with Crippen molar-refractivity contribution < 1.29 is 18.3 Å². The number of nitrogens with zero attached hydrogens (tertiary/aromatic N) is 5. The summed E-state index contributed by atoms with van der Waals surface area (Å²) in [5, 5.41) is 11.1. The van der Waals surface area contributed by atoms with Gasteiger partial charge in [0.2, 0.25) is 5.95 Å². The van der Waals surface area contributed by atoms with Crippen LogP contribution in [0.15, 0.2) is 49.1 Å². The fourth-order valence-corrected chi connectivity index (χ4v) is 3.20. The number of alkyl halides is 2. The highest BCUT2D eigenvalue weighted by Crippen LogP contribution is 2.33. The molecule has 0 saturated carbocycles. The van der Waals surface area contributed by atoms with E-state index in [1.54, 1.807) is 61.8 Å². The Hall–Kier alpha value is -3.86. The first kappa shape index (κ1) is 23.3. The summed E-state index contributed by atoms with van der Waals surface area (Å²) in [6, 6.07) is 6.73. The van der Waals surface area contributed by atoms with Crippen molar-refractivity contribution >= 4 is 28.4 Å². The van der Waals surface area contributed by atoms with E-state index >= 15 is 0 Å². The average molecular weight is 469 g/mol. The van der Waals surface area contributed by atoms with Crippen molar-refractivity contribution in [3.8, 4) is 16.9 Å². The van der Waals surface area contributed by atoms with Gasteiger partial charge in [0.1, 0.15) is 11.3 Å². The predicted molar refractivity (Wildman–Crippen MR) is 125 cm³/mol. The Balaban J connectivity index is 1.65. The lowest BCUT2D eigenvalue weighted by molar-refractivity contribution is -0.0493. The smallest absolute Gasteiger partial charge is 0.387 e. The molecule has 0 saturated heterocycles. The molecule has 34 heavy (non-hydrogen) atoms. The Bertz CT molecular complexity index is 1290. The Morgan fingerprint density at radius 3 is 2.65 bits per heavy atom. The molecule has 9 nitrogen and oxygen atoms in total. The molecule has 0 aliphatic carbocycles. The second kappa shape index (κ2) is 9.56. The molecule has 2 N–H and O–H groups in total. The SMILES string of the molecule is COC(C)(C)CNc1nccc2cnc(Nc3ccc(-c4cnn(C)c4)cc3OC(F)F)nc12. The summed E-state index contributed by atoms with van der Waals surface area (Å²) in [4.78, 5) is 13.3. The molecule has 11 heteroatoms. The number of hydrogen-bond donors (Lipinski definition) is 2. The van der Waals surface area contributed by atoms with E-state index in [9.17, 15) is 8.78 Å². The van der Waals surface area contributed by atoms with Crippen LogP contribution >= 0.6 is 0 Å². The van der Waals surface area contributed by atoms with Crippen LogP contribution in [0.2, 0.25) is 0 Å².